The number of anilines is 1. The lowest BCUT2D eigenvalue weighted by molar-refractivity contribution is 0.0786. The van der Waals surface area contributed by atoms with Gasteiger partial charge in [0.05, 0.1) is 0 Å². The molecule has 3 rings (SSSR count). The maximum atomic E-state index is 12.5. The topological polar surface area (TPSA) is 73.8 Å². The van der Waals surface area contributed by atoms with Gasteiger partial charge in [0.15, 0.2) is 0 Å². The van der Waals surface area contributed by atoms with Gasteiger partial charge in [-0.2, -0.15) is 9.67 Å². The molecule has 0 spiro atoms. The Morgan fingerprint density at radius 2 is 1.96 bits per heavy atom. The van der Waals surface area contributed by atoms with Crippen LogP contribution >= 0.6 is 23.4 Å². The van der Waals surface area contributed by atoms with Crippen LogP contribution in [0.5, 0.6) is 0 Å². The molecule has 23 heavy (non-hydrogen) atoms. The van der Waals surface area contributed by atoms with E-state index >= 15 is 0 Å². The Labute approximate surface area is 144 Å². The zero-order chi connectivity index (χ0) is 16.2. The maximum Gasteiger partial charge on any atom is 0.253 e. The standard InChI is InChI=1S/C16H19ClN4OS/c17-13-8-6-11(7-9-13)10-23-16-19-15(18)21(20-16)14(22)12-4-2-1-3-5-12/h6-9,12H,1-5,10H2,(H2,18,19,20). The van der Waals surface area contributed by atoms with Crippen molar-refractivity contribution < 1.29 is 4.79 Å². The highest BCUT2D eigenvalue weighted by Gasteiger charge is 2.25. The molecule has 0 bridgehead atoms. The second kappa shape index (κ2) is 7.36. The molecule has 1 aromatic heterocycles. The molecular formula is C16H19ClN4OS. The lowest BCUT2D eigenvalue weighted by Gasteiger charge is -2.19. The molecule has 1 heterocycles. The predicted octanol–water partition coefficient (Wildman–Crippen LogP) is 4.03. The Bertz CT molecular complexity index is 680. The lowest BCUT2D eigenvalue weighted by atomic mass is 9.89. The number of rotatable bonds is 4. The van der Waals surface area contributed by atoms with Gasteiger partial charge < -0.3 is 5.73 Å². The average Bonchev–Trinajstić information content (AvgIpc) is 2.95. The van der Waals surface area contributed by atoms with Gasteiger partial charge in [-0.05, 0) is 30.5 Å². The van der Waals surface area contributed by atoms with Crippen LogP contribution in [0.3, 0.4) is 0 Å². The first-order chi connectivity index (χ1) is 11.1. The van der Waals surface area contributed by atoms with Gasteiger partial charge in [0.1, 0.15) is 0 Å². The Morgan fingerprint density at radius 1 is 1.26 bits per heavy atom. The van der Waals surface area contributed by atoms with Crippen LogP contribution in [0.2, 0.25) is 5.02 Å². The first-order valence-corrected chi connectivity index (χ1v) is 9.14. The van der Waals surface area contributed by atoms with Gasteiger partial charge in [0, 0.05) is 16.7 Å². The molecule has 7 heteroatoms. The number of nitrogens with zero attached hydrogens (tertiary/aromatic N) is 3. The molecule has 1 fully saturated rings. The number of thioether (sulfide) groups is 1. The highest BCUT2D eigenvalue weighted by molar-refractivity contribution is 7.98. The Hall–Kier alpha value is -1.53. The van der Waals surface area contributed by atoms with Gasteiger partial charge >= 0.3 is 0 Å². The second-order valence-corrected chi connectivity index (χ2v) is 7.13. The molecule has 0 unspecified atom stereocenters. The minimum atomic E-state index is -0.0203. The minimum absolute atomic E-state index is 0.0203. The van der Waals surface area contributed by atoms with Crippen molar-refractivity contribution >= 4 is 35.2 Å². The van der Waals surface area contributed by atoms with Crippen molar-refractivity contribution in [3.05, 3.63) is 34.9 Å². The van der Waals surface area contributed by atoms with Crippen molar-refractivity contribution in [2.75, 3.05) is 5.73 Å². The number of benzene rings is 1. The lowest BCUT2D eigenvalue weighted by Crippen LogP contribution is -2.26. The summed E-state index contributed by atoms with van der Waals surface area (Å²) in [6.45, 7) is 0. The quantitative estimate of drug-likeness (QED) is 0.843. The van der Waals surface area contributed by atoms with E-state index in [0.717, 1.165) is 31.2 Å². The van der Waals surface area contributed by atoms with Crippen molar-refractivity contribution in [3.63, 3.8) is 0 Å². The van der Waals surface area contributed by atoms with Crippen LogP contribution in [-0.2, 0) is 5.75 Å². The molecule has 1 aliphatic rings. The maximum absolute atomic E-state index is 12.5. The molecule has 122 valence electrons. The molecule has 0 saturated heterocycles. The first-order valence-electron chi connectivity index (χ1n) is 7.77. The number of aromatic nitrogens is 3. The van der Waals surface area contributed by atoms with Gasteiger partial charge in [0.2, 0.25) is 11.1 Å². The van der Waals surface area contributed by atoms with E-state index in [4.69, 9.17) is 17.3 Å². The van der Waals surface area contributed by atoms with Crippen molar-refractivity contribution in [2.45, 2.75) is 43.0 Å². The summed E-state index contributed by atoms with van der Waals surface area (Å²) in [6.07, 6.45) is 5.25. The Morgan fingerprint density at radius 3 is 2.65 bits per heavy atom. The molecule has 0 radical (unpaired) electrons. The molecule has 1 saturated carbocycles. The molecule has 2 N–H and O–H groups in total. The number of halogens is 1. The fourth-order valence-corrected chi connectivity index (χ4v) is 3.69. The molecule has 0 amide bonds. The summed E-state index contributed by atoms with van der Waals surface area (Å²) in [7, 11) is 0. The van der Waals surface area contributed by atoms with Crippen molar-refractivity contribution in [1.82, 2.24) is 14.8 Å². The normalized spacial score (nSPS) is 15.7. The third-order valence-electron chi connectivity index (χ3n) is 4.06. The second-order valence-electron chi connectivity index (χ2n) is 5.75. The van der Waals surface area contributed by atoms with E-state index in [0.29, 0.717) is 15.9 Å². The van der Waals surface area contributed by atoms with Gasteiger partial charge in [-0.15, -0.1) is 5.10 Å². The zero-order valence-corrected chi connectivity index (χ0v) is 14.3. The van der Waals surface area contributed by atoms with Crippen LogP contribution in [0.25, 0.3) is 0 Å². The van der Waals surface area contributed by atoms with Gasteiger partial charge in [0.25, 0.3) is 5.91 Å². The van der Waals surface area contributed by atoms with Crippen LogP contribution in [0.4, 0.5) is 5.95 Å². The fraction of sp³-hybridized carbons (Fsp3) is 0.438. The van der Waals surface area contributed by atoms with Crippen LogP contribution < -0.4 is 5.73 Å². The van der Waals surface area contributed by atoms with Crippen LogP contribution in [-0.4, -0.2) is 20.7 Å². The van der Waals surface area contributed by atoms with E-state index in [2.05, 4.69) is 10.1 Å². The van der Waals surface area contributed by atoms with Crippen molar-refractivity contribution in [3.8, 4) is 0 Å². The molecule has 0 atom stereocenters. The summed E-state index contributed by atoms with van der Waals surface area (Å²) < 4.78 is 1.28. The molecule has 0 aliphatic heterocycles. The third kappa shape index (κ3) is 4.06. The number of carbonyl (C=O) groups is 1. The summed E-state index contributed by atoms with van der Waals surface area (Å²) in [5.41, 5.74) is 6.99. The molecular weight excluding hydrogens is 332 g/mol. The van der Waals surface area contributed by atoms with Gasteiger partial charge in [-0.25, -0.2) is 0 Å². The SMILES string of the molecule is Nc1nc(SCc2ccc(Cl)cc2)nn1C(=O)C1CCCCC1. The Kier molecular flexibility index (Phi) is 5.23. The van der Waals surface area contributed by atoms with E-state index in [1.54, 1.807) is 0 Å². The number of carbonyl (C=O) groups excluding carboxylic acids is 1. The molecule has 1 aliphatic carbocycles. The van der Waals surface area contributed by atoms with Crippen LogP contribution in [0, 0.1) is 5.92 Å². The highest BCUT2D eigenvalue weighted by atomic mass is 35.5. The largest absolute Gasteiger partial charge is 0.368 e. The number of hydrogen-bond acceptors (Lipinski definition) is 5. The first kappa shape index (κ1) is 16.3. The summed E-state index contributed by atoms with van der Waals surface area (Å²) >= 11 is 7.33. The van der Waals surface area contributed by atoms with E-state index in [1.165, 1.54) is 22.9 Å². The monoisotopic (exact) mass is 350 g/mol. The van der Waals surface area contributed by atoms with Crippen LogP contribution in [0.1, 0.15) is 42.5 Å². The number of nitrogens with two attached hydrogens (primary N) is 1. The summed E-state index contributed by atoms with van der Waals surface area (Å²) in [5, 5.41) is 5.53. The van der Waals surface area contributed by atoms with Crippen LogP contribution in [0.15, 0.2) is 29.4 Å². The number of hydrogen-bond donors (Lipinski definition) is 1. The third-order valence-corrected chi connectivity index (χ3v) is 5.22. The smallest absolute Gasteiger partial charge is 0.253 e. The summed E-state index contributed by atoms with van der Waals surface area (Å²) in [6, 6.07) is 7.63. The Balaban J connectivity index is 1.65. The highest BCUT2D eigenvalue weighted by Crippen LogP contribution is 2.27. The molecule has 1 aromatic carbocycles. The predicted molar refractivity (Wildman–Crippen MR) is 92.6 cm³/mol. The summed E-state index contributed by atoms with van der Waals surface area (Å²) in [5.74, 6) is 0.896. The molecule has 2 aromatic rings. The van der Waals surface area contributed by atoms with E-state index in [9.17, 15) is 4.79 Å². The summed E-state index contributed by atoms with van der Waals surface area (Å²) in [4.78, 5) is 16.7. The molecule has 5 nitrogen and oxygen atoms in total. The minimum Gasteiger partial charge on any atom is -0.368 e. The fourth-order valence-electron chi connectivity index (χ4n) is 2.78. The van der Waals surface area contributed by atoms with Crippen molar-refractivity contribution in [1.29, 1.82) is 0 Å². The number of nitrogen functional groups attached to an aromatic ring is 1. The zero-order valence-electron chi connectivity index (χ0n) is 12.7. The van der Waals surface area contributed by atoms with Crippen molar-refractivity contribution in [2.24, 2.45) is 5.92 Å². The van der Waals surface area contributed by atoms with E-state index in [-0.39, 0.29) is 17.8 Å². The van der Waals surface area contributed by atoms with Gasteiger partial charge in [-0.1, -0.05) is 54.8 Å². The average molecular weight is 351 g/mol. The van der Waals surface area contributed by atoms with Gasteiger partial charge in [-0.3, -0.25) is 4.79 Å². The van der Waals surface area contributed by atoms with E-state index in [1.807, 2.05) is 24.3 Å². The van der Waals surface area contributed by atoms with E-state index < -0.39 is 0 Å².